The number of amides is 1. The Morgan fingerprint density at radius 3 is 2.40 bits per heavy atom. The standard InChI is InChI=1S/C17H17F4N3O/c18-12-8-13(19)16(21)11(15(12)20)9-24-7-6-14(23-24)22-17(25)10-4-2-1-3-5-10/h6-8,10H,1-5,9H2,(H,22,23,25). The lowest BCUT2D eigenvalue weighted by molar-refractivity contribution is -0.120. The summed E-state index contributed by atoms with van der Waals surface area (Å²) < 4.78 is 55.0. The second kappa shape index (κ2) is 7.25. The first-order valence-electron chi connectivity index (χ1n) is 8.12. The first-order valence-corrected chi connectivity index (χ1v) is 8.12. The number of carbonyl (C=O) groups is 1. The minimum Gasteiger partial charge on any atom is -0.309 e. The van der Waals surface area contributed by atoms with Gasteiger partial charge in [-0.05, 0) is 12.8 Å². The van der Waals surface area contributed by atoms with Gasteiger partial charge < -0.3 is 5.32 Å². The Kier molecular flexibility index (Phi) is 5.06. The van der Waals surface area contributed by atoms with Crippen molar-refractivity contribution in [2.24, 2.45) is 5.92 Å². The molecule has 1 amide bonds. The number of hydrogen-bond acceptors (Lipinski definition) is 2. The van der Waals surface area contributed by atoms with Gasteiger partial charge in [0.2, 0.25) is 5.91 Å². The molecule has 0 bridgehead atoms. The summed E-state index contributed by atoms with van der Waals surface area (Å²) in [4.78, 5) is 12.2. The Hall–Kier alpha value is -2.38. The quantitative estimate of drug-likeness (QED) is 0.665. The third-order valence-electron chi connectivity index (χ3n) is 4.39. The third-order valence-corrected chi connectivity index (χ3v) is 4.39. The van der Waals surface area contributed by atoms with Crippen LogP contribution < -0.4 is 5.32 Å². The van der Waals surface area contributed by atoms with Crippen molar-refractivity contribution < 1.29 is 22.4 Å². The molecule has 4 nitrogen and oxygen atoms in total. The highest BCUT2D eigenvalue weighted by Crippen LogP contribution is 2.25. The molecule has 1 aromatic heterocycles. The van der Waals surface area contributed by atoms with Gasteiger partial charge in [-0.1, -0.05) is 19.3 Å². The van der Waals surface area contributed by atoms with Gasteiger partial charge >= 0.3 is 0 Å². The normalized spacial score (nSPS) is 15.4. The van der Waals surface area contributed by atoms with Gasteiger partial charge in [-0.2, -0.15) is 5.10 Å². The van der Waals surface area contributed by atoms with Crippen LogP contribution in [-0.4, -0.2) is 15.7 Å². The highest BCUT2D eigenvalue weighted by molar-refractivity contribution is 5.91. The lowest BCUT2D eigenvalue weighted by Gasteiger charge is -2.19. The lowest BCUT2D eigenvalue weighted by Crippen LogP contribution is -2.25. The summed E-state index contributed by atoms with van der Waals surface area (Å²) in [5.41, 5.74) is -0.759. The van der Waals surface area contributed by atoms with E-state index in [2.05, 4.69) is 10.4 Å². The Morgan fingerprint density at radius 1 is 1.12 bits per heavy atom. The molecule has 0 spiro atoms. The molecule has 134 valence electrons. The third kappa shape index (κ3) is 3.83. The number of benzene rings is 1. The molecular weight excluding hydrogens is 338 g/mol. The summed E-state index contributed by atoms with van der Waals surface area (Å²) in [5, 5.41) is 6.65. The molecule has 1 aliphatic carbocycles. The molecule has 25 heavy (non-hydrogen) atoms. The summed E-state index contributed by atoms with van der Waals surface area (Å²) in [6.07, 6.45) is 6.17. The molecule has 0 aliphatic heterocycles. The van der Waals surface area contributed by atoms with Crippen molar-refractivity contribution in [1.29, 1.82) is 0 Å². The maximum atomic E-state index is 13.7. The first-order chi connectivity index (χ1) is 12.0. The Morgan fingerprint density at radius 2 is 1.76 bits per heavy atom. The summed E-state index contributed by atoms with van der Waals surface area (Å²) in [7, 11) is 0. The lowest BCUT2D eigenvalue weighted by atomic mass is 9.89. The van der Waals surface area contributed by atoms with E-state index in [1.807, 2.05) is 0 Å². The van der Waals surface area contributed by atoms with Gasteiger partial charge in [-0.3, -0.25) is 9.48 Å². The number of hydrogen-bond donors (Lipinski definition) is 1. The predicted molar refractivity (Wildman–Crippen MR) is 82.8 cm³/mol. The molecule has 0 atom stereocenters. The molecule has 0 saturated heterocycles. The van der Waals surface area contributed by atoms with Crippen molar-refractivity contribution in [3.8, 4) is 0 Å². The van der Waals surface area contributed by atoms with Gasteiger partial charge in [-0.15, -0.1) is 0 Å². The van der Waals surface area contributed by atoms with Crippen LogP contribution in [0.3, 0.4) is 0 Å². The zero-order valence-corrected chi connectivity index (χ0v) is 13.4. The summed E-state index contributed by atoms with van der Waals surface area (Å²) in [5.74, 6) is -5.82. The van der Waals surface area contributed by atoms with E-state index >= 15 is 0 Å². The Labute approximate surface area is 141 Å². The van der Waals surface area contributed by atoms with Crippen molar-refractivity contribution in [3.63, 3.8) is 0 Å². The van der Waals surface area contributed by atoms with Crippen LogP contribution in [0.15, 0.2) is 18.3 Å². The molecule has 1 aliphatic rings. The molecule has 1 saturated carbocycles. The summed E-state index contributed by atoms with van der Waals surface area (Å²) in [6.45, 7) is -0.494. The fourth-order valence-corrected chi connectivity index (χ4v) is 3.03. The SMILES string of the molecule is O=C(Nc1ccn(Cc2c(F)c(F)cc(F)c2F)n1)C1CCCCC1. The fraction of sp³-hybridized carbons (Fsp3) is 0.412. The number of nitrogens with zero attached hydrogens (tertiary/aromatic N) is 2. The molecule has 1 heterocycles. The number of nitrogens with one attached hydrogen (secondary N) is 1. The van der Waals surface area contributed by atoms with E-state index in [4.69, 9.17) is 0 Å². The zero-order valence-electron chi connectivity index (χ0n) is 13.4. The van der Waals surface area contributed by atoms with E-state index in [1.54, 1.807) is 0 Å². The van der Waals surface area contributed by atoms with E-state index in [1.165, 1.54) is 12.3 Å². The van der Waals surface area contributed by atoms with Crippen molar-refractivity contribution in [2.75, 3.05) is 5.32 Å². The molecule has 3 rings (SSSR count). The van der Waals surface area contributed by atoms with Crippen LogP contribution in [-0.2, 0) is 11.3 Å². The van der Waals surface area contributed by atoms with E-state index in [-0.39, 0.29) is 23.7 Å². The number of halogens is 4. The second-order valence-electron chi connectivity index (χ2n) is 6.17. The molecule has 1 fully saturated rings. The maximum Gasteiger partial charge on any atom is 0.228 e. The van der Waals surface area contributed by atoms with Crippen molar-refractivity contribution >= 4 is 11.7 Å². The minimum absolute atomic E-state index is 0.0638. The van der Waals surface area contributed by atoms with Gasteiger partial charge in [-0.25, -0.2) is 17.6 Å². The maximum absolute atomic E-state index is 13.7. The predicted octanol–water partition coefficient (Wildman–Crippen LogP) is 4.01. The molecular formula is C17H17F4N3O. The summed E-state index contributed by atoms with van der Waals surface area (Å²) in [6, 6.07) is 1.62. The topological polar surface area (TPSA) is 46.9 Å². The van der Waals surface area contributed by atoms with Gasteiger partial charge in [0.15, 0.2) is 29.1 Å². The Bertz CT molecular complexity index is 758. The van der Waals surface area contributed by atoms with Crippen LogP contribution in [0.1, 0.15) is 37.7 Å². The fourth-order valence-electron chi connectivity index (χ4n) is 3.03. The minimum atomic E-state index is -1.47. The van der Waals surface area contributed by atoms with E-state index in [0.717, 1.165) is 36.8 Å². The van der Waals surface area contributed by atoms with Crippen LogP contribution >= 0.6 is 0 Å². The molecule has 2 aromatic rings. The monoisotopic (exact) mass is 355 g/mol. The smallest absolute Gasteiger partial charge is 0.228 e. The molecule has 0 radical (unpaired) electrons. The van der Waals surface area contributed by atoms with E-state index in [9.17, 15) is 22.4 Å². The number of aromatic nitrogens is 2. The van der Waals surface area contributed by atoms with E-state index < -0.39 is 35.4 Å². The first kappa shape index (κ1) is 17.4. The second-order valence-corrected chi connectivity index (χ2v) is 6.17. The van der Waals surface area contributed by atoms with Crippen LogP contribution in [0.4, 0.5) is 23.4 Å². The van der Waals surface area contributed by atoms with Gasteiger partial charge in [0.1, 0.15) is 0 Å². The number of anilines is 1. The zero-order chi connectivity index (χ0) is 18.0. The molecule has 8 heteroatoms. The van der Waals surface area contributed by atoms with Crippen LogP contribution in [0.2, 0.25) is 0 Å². The van der Waals surface area contributed by atoms with E-state index in [0.29, 0.717) is 0 Å². The van der Waals surface area contributed by atoms with Gasteiger partial charge in [0.05, 0.1) is 12.1 Å². The van der Waals surface area contributed by atoms with Crippen LogP contribution in [0.5, 0.6) is 0 Å². The molecule has 1 aromatic carbocycles. The van der Waals surface area contributed by atoms with Crippen molar-refractivity contribution in [3.05, 3.63) is 47.2 Å². The highest BCUT2D eigenvalue weighted by atomic mass is 19.2. The largest absolute Gasteiger partial charge is 0.309 e. The Balaban J connectivity index is 1.71. The van der Waals surface area contributed by atoms with Gasteiger partial charge in [0.25, 0.3) is 0 Å². The highest BCUT2D eigenvalue weighted by Gasteiger charge is 2.22. The molecule has 0 unspecified atom stereocenters. The molecule has 1 N–H and O–H groups in total. The van der Waals surface area contributed by atoms with Gasteiger partial charge in [0, 0.05) is 24.2 Å². The van der Waals surface area contributed by atoms with Crippen molar-refractivity contribution in [1.82, 2.24) is 9.78 Å². The average Bonchev–Trinajstić information content (AvgIpc) is 3.05. The average molecular weight is 355 g/mol. The van der Waals surface area contributed by atoms with Crippen LogP contribution in [0.25, 0.3) is 0 Å². The van der Waals surface area contributed by atoms with Crippen LogP contribution in [0, 0.1) is 29.2 Å². The van der Waals surface area contributed by atoms with Crippen molar-refractivity contribution in [2.45, 2.75) is 38.6 Å². The summed E-state index contributed by atoms with van der Waals surface area (Å²) >= 11 is 0. The number of carbonyl (C=O) groups excluding carboxylic acids is 1. The number of rotatable bonds is 4.